The molecule has 0 radical (unpaired) electrons. The van der Waals surface area contributed by atoms with E-state index in [1.807, 2.05) is 32.1 Å². The van der Waals surface area contributed by atoms with E-state index in [4.69, 9.17) is 27.9 Å². The van der Waals surface area contributed by atoms with E-state index >= 15 is 0 Å². The lowest BCUT2D eigenvalue weighted by molar-refractivity contribution is -0.185. The van der Waals surface area contributed by atoms with Crippen LogP contribution in [0.2, 0.25) is 0 Å². The topological polar surface area (TPSA) is 60.4 Å². The van der Waals surface area contributed by atoms with Crippen LogP contribution in [0.5, 0.6) is 0 Å². The van der Waals surface area contributed by atoms with Crippen LogP contribution in [-0.4, -0.2) is 40.1 Å². The van der Waals surface area contributed by atoms with Gasteiger partial charge in [0.25, 0.3) is 0 Å². The summed E-state index contributed by atoms with van der Waals surface area (Å²) in [6.45, 7) is 3.88. The Hall–Kier alpha value is -1.46. The quantitative estimate of drug-likeness (QED) is 0.465. The Morgan fingerprint density at radius 3 is 2.63 bits per heavy atom. The lowest BCUT2D eigenvalue weighted by Crippen LogP contribution is -2.67. The van der Waals surface area contributed by atoms with Gasteiger partial charge in [-0.25, -0.2) is 4.39 Å². The number of hydrogen-bond acceptors (Lipinski definition) is 4. The van der Waals surface area contributed by atoms with Crippen LogP contribution in [0, 0.1) is 22.7 Å². The van der Waals surface area contributed by atoms with Crippen molar-refractivity contribution in [3.63, 3.8) is 0 Å². The second-order valence-corrected chi connectivity index (χ2v) is 10.6. The SMILES string of the molecule is CC(=O)O[C@]1(C(=O)CF)CC[C@H]2[C@@H]3C=CC4=CC(=O)C=C[C@]4(C)[C@@]3(Cl)[C@@H](Cl)C[C@@]21C. The molecule has 4 aliphatic rings. The molecule has 0 amide bonds. The molecule has 4 nitrogen and oxygen atoms in total. The first-order chi connectivity index (χ1) is 14.0. The van der Waals surface area contributed by atoms with E-state index in [0.717, 1.165) is 5.57 Å². The summed E-state index contributed by atoms with van der Waals surface area (Å²) in [5.74, 6) is -1.81. The van der Waals surface area contributed by atoms with Gasteiger partial charge in [0, 0.05) is 23.7 Å². The van der Waals surface area contributed by atoms with Gasteiger partial charge in [0.05, 0.1) is 10.3 Å². The molecule has 0 saturated heterocycles. The summed E-state index contributed by atoms with van der Waals surface area (Å²) in [6, 6.07) is 0. The van der Waals surface area contributed by atoms with Crippen molar-refractivity contribution >= 4 is 40.7 Å². The van der Waals surface area contributed by atoms with Crippen molar-refractivity contribution in [2.24, 2.45) is 22.7 Å². The van der Waals surface area contributed by atoms with E-state index < -0.39 is 45.1 Å². The number of ketones is 2. The Kier molecular flexibility index (Phi) is 4.91. The number of ether oxygens (including phenoxy) is 1. The molecule has 7 atom stereocenters. The number of allylic oxidation sites excluding steroid dienone is 6. The molecule has 0 spiro atoms. The molecule has 0 aromatic carbocycles. The van der Waals surface area contributed by atoms with Gasteiger partial charge in [-0.05, 0) is 42.9 Å². The highest BCUT2D eigenvalue weighted by Gasteiger charge is 2.73. The van der Waals surface area contributed by atoms with Crippen LogP contribution in [0.3, 0.4) is 0 Å². The maximum absolute atomic E-state index is 13.6. The van der Waals surface area contributed by atoms with Crippen LogP contribution in [0.4, 0.5) is 4.39 Å². The third-order valence-electron chi connectivity index (χ3n) is 8.17. The number of halogens is 3. The summed E-state index contributed by atoms with van der Waals surface area (Å²) in [7, 11) is 0. The third-order valence-corrected chi connectivity index (χ3v) is 9.69. The lowest BCUT2D eigenvalue weighted by Gasteiger charge is -2.62. The highest BCUT2D eigenvalue weighted by Crippen LogP contribution is 2.70. The maximum Gasteiger partial charge on any atom is 0.303 e. The standard InChI is InChI=1S/C23H25Cl2FO4/c1-13(27)30-22(19(29)12-26)9-7-16-17-5-4-14-10-15(28)6-8-20(14,2)23(17,25)18(24)11-21(16,22)3/h4-6,8,10,16-18H,7,9,11-12H2,1-3H3/t16-,17-,18-,20-,21-,22-,23-/m0/s1. The van der Waals surface area contributed by atoms with Crippen LogP contribution in [0.1, 0.15) is 40.0 Å². The molecule has 0 bridgehead atoms. The first-order valence-electron chi connectivity index (χ1n) is 10.2. The highest BCUT2D eigenvalue weighted by molar-refractivity contribution is 6.34. The second-order valence-electron chi connectivity index (χ2n) is 9.40. The number of alkyl halides is 3. The number of carbonyl (C=O) groups excluding carboxylic acids is 3. The molecule has 0 aromatic heterocycles. The largest absolute Gasteiger partial charge is 0.451 e. The molecule has 162 valence electrons. The predicted octanol–water partition coefficient (Wildman–Crippen LogP) is 4.49. The van der Waals surface area contributed by atoms with E-state index in [2.05, 4.69) is 0 Å². The first-order valence-corrected chi connectivity index (χ1v) is 11.0. The predicted molar refractivity (Wildman–Crippen MR) is 112 cm³/mol. The summed E-state index contributed by atoms with van der Waals surface area (Å²) in [4.78, 5) is 35.7. The molecule has 2 fully saturated rings. The van der Waals surface area contributed by atoms with Crippen molar-refractivity contribution in [3.05, 3.63) is 36.0 Å². The monoisotopic (exact) mass is 454 g/mol. The van der Waals surface area contributed by atoms with Crippen molar-refractivity contribution in [1.82, 2.24) is 0 Å². The number of rotatable bonds is 3. The van der Waals surface area contributed by atoms with Gasteiger partial charge in [-0.2, -0.15) is 0 Å². The summed E-state index contributed by atoms with van der Waals surface area (Å²) in [6.07, 6.45) is 9.89. The smallest absolute Gasteiger partial charge is 0.303 e. The van der Waals surface area contributed by atoms with Crippen LogP contribution in [-0.2, 0) is 19.1 Å². The molecular weight excluding hydrogens is 430 g/mol. The summed E-state index contributed by atoms with van der Waals surface area (Å²) in [5.41, 5.74) is -2.27. The van der Waals surface area contributed by atoms with E-state index in [1.54, 1.807) is 6.08 Å². The highest BCUT2D eigenvalue weighted by atomic mass is 35.5. The fourth-order valence-electron chi connectivity index (χ4n) is 6.63. The number of hydrogen-bond donors (Lipinski definition) is 0. The summed E-state index contributed by atoms with van der Waals surface area (Å²) < 4.78 is 19.2. The van der Waals surface area contributed by atoms with E-state index in [-0.39, 0.29) is 30.5 Å². The summed E-state index contributed by atoms with van der Waals surface area (Å²) >= 11 is 14.4. The van der Waals surface area contributed by atoms with Gasteiger partial charge < -0.3 is 4.74 Å². The van der Waals surface area contributed by atoms with Crippen LogP contribution in [0.25, 0.3) is 0 Å². The van der Waals surface area contributed by atoms with Crippen molar-refractivity contribution in [2.75, 3.05) is 6.67 Å². The molecular formula is C23H25Cl2FO4. The number of fused-ring (bicyclic) bond motifs is 5. The van der Waals surface area contributed by atoms with E-state index in [9.17, 15) is 18.8 Å². The van der Waals surface area contributed by atoms with Crippen LogP contribution in [0.15, 0.2) is 36.0 Å². The molecule has 4 rings (SSSR count). The van der Waals surface area contributed by atoms with Gasteiger partial charge in [-0.15, -0.1) is 23.2 Å². The Morgan fingerprint density at radius 1 is 1.30 bits per heavy atom. The zero-order valence-corrected chi connectivity index (χ0v) is 18.7. The van der Waals surface area contributed by atoms with Crippen molar-refractivity contribution in [1.29, 1.82) is 0 Å². The van der Waals surface area contributed by atoms with Crippen molar-refractivity contribution in [2.45, 2.75) is 55.9 Å². The van der Waals surface area contributed by atoms with Gasteiger partial charge in [0.2, 0.25) is 5.78 Å². The molecule has 4 aliphatic carbocycles. The molecule has 0 unspecified atom stereocenters. The molecule has 7 heteroatoms. The number of esters is 1. The van der Waals surface area contributed by atoms with Crippen molar-refractivity contribution < 1.29 is 23.5 Å². The number of Topliss-reactive ketones (excluding diaryl/α,β-unsaturated/α-hetero) is 1. The van der Waals surface area contributed by atoms with Gasteiger partial charge in [-0.1, -0.05) is 32.1 Å². The van der Waals surface area contributed by atoms with E-state index in [1.165, 1.54) is 13.0 Å². The molecule has 2 saturated carbocycles. The Bertz CT molecular complexity index is 926. The van der Waals surface area contributed by atoms with Crippen molar-refractivity contribution in [3.8, 4) is 0 Å². The third kappa shape index (κ3) is 2.48. The molecule has 0 aromatic rings. The number of carbonyl (C=O) groups is 3. The Morgan fingerprint density at radius 2 is 2.00 bits per heavy atom. The fourth-order valence-corrected chi connectivity index (χ4v) is 7.80. The molecule has 0 N–H and O–H groups in total. The molecule has 30 heavy (non-hydrogen) atoms. The minimum absolute atomic E-state index is 0.0964. The average molecular weight is 455 g/mol. The zero-order chi connectivity index (χ0) is 22.1. The van der Waals surface area contributed by atoms with Gasteiger partial charge in [-0.3, -0.25) is 14.4 Å². The molecule has 0 aliphatic heterocycles. The Balaban J connectivity index is 1.87. The van der Waals surface area contributed by atoms with E-state index in [0.29, 0.717) is 6.42 Å². The summed E-state index contributed by atoms with van der Waals surface area (Å²) in [5, 5.41) is -0.609. The fraction of sp³-hybridized carbons (Fsp3) is 0.609. The Labute approximate surface area is 185 Å². The van der Waals surface area contributed by atoms with Crippen LogP contribution < -0.4 is 0 Å². The lowest BCUT2D eigenvalue weighted by atomic mass is 9.48. The minimum atomic E-state index is -1.55. The minimum Gasteiger partial charge on any atom is -0.451 e. The molecule has 0 heterocycles. The van der Waals surface area contributed by atoms with Gasteiger partial charge >= 0.3 is 5.97 Å². The van der Waals surface area contributed by atoms with Gasteiger partial charge in [0.1, 0.15) is 0 Å². The first kappa shape index (κ1) is 21.8. The van der Waals surface area contributed by atoms with Crippen LogP contribution >= 0.6 is 23.2 Å². The van der Waals surface area contributed by atoms with Gasteiger partial charge in [0.15, 0.2) is 18.1 Å². The normalized spacial score (nSPS) is 46.5. The second kappa shape index (κ2) is 6.77. The maximum atomic E-state index is 13.6. The zero-order valence-electron chi connectivity index (χ0n) is 17.2. The average Bonchev–Trinajstić information content (AvgIpc) is 2.95.